The largest absolute Gasteiger partial charge is 0.398 e. The average molecular weight is 300 g/mol. The first-order valence-electron chi connectivity index (χ1n) is 6.76. The van der Waals surface area contributed by atoms with Gasteiger partial charge < -0.3 is 10.5 Å². The molecule has 0 aliphatic carbocycles. The molecule has 0 fully saturated rings. The number of hydrogen-bond donors (Lipinski definition) is 2. The Kier molecular flexibility index (Phi) is 6.45. The summed E-state index contributed by atoms with van der Waals surface area (Å²) in [5, 5.41) is 0. The minimum Gasteiger partial charge on any atom is -0.398 e. The first kappa shape index (κ1) is 16.9. The van der Waals surface area contributed by atoms with Crippen LogP contribution in [0, 0.1) is 12.8 Å². The van der Waals surface area contributed by atoms with Gasteiger partial charge in [-0.15, -0.1) is 0 Å². The topological polar surface area (TPSA) is 81.4 Å². The summed E-state index contributed by atoms with van der Waals surface area (Å²) < 4.78 is 32.0. The number of ether oxygens (including phenoxy) is 1. The van der Waals surface area contributed by atoms with Gasteiger partial charge in [0.25, 0.3) is 0 Å². The fourth-order valence-electron chi connectivity index (χ4n) is 1.57. The Balaban J connectivity index is 2.43. The molecule has 5 nitrogen and oxygen atoms in total. The molecule has 0 atom stereocenters. The normalized spacial score (nSPS) is 12.0. The van der Waals surface area contributed by atoms with E-state index in [2.05, 4.69) is 18.6 Å². The highest BCUT2D eigenvalue weighted by Crippen LogP contribution is 2.16. The minimum absolute atomic E-state index is 0.198. The van der Waals surface area contributed by atoms with E-state index in [4.69, 9.17) is 10.5 Å². The Bertz CT molecular complexity index is 527. The van der Waals surface area contributed by atoms with Crippen molar-refractivity contribution in [2.45, 2.75) is 32.1 Å². The number of anilines is 1. The van der Waals surface area contributed by atoms with Crippen LogP contribution in [0.4, 0.5) is 5.69 Å². The Morgan fingerprint density at radius 1 is 1.35 bits per heavy atom. The molecule has 0 saturated carbocycles. The van der Waals surface area contributed by atoms with Crippen molar-refractivity contribution in [1.29, 1.82) is 0 Å². The number of nitrogens with one attached hydrogen (secondary N) is 1. The molecule has 0 radical (unpaired) electrons. The number of aryl methyl sites for hydroxylation is 1. The minimum atomic E-state index is -3.49. The molecule has 0 heterocycles. The van der Waals surface area contributed by atoms with Gasteiger partial charge in [0, 0.05) is 25.4 Å². The highest BCUT2D eigenvalue weighted by molar-refractivity contribution is 7.89. The lowest BCUT2D eigenvalue weighted by Crippen LogP contribution is -2.25. The van der Waals surface area contributed by atoms with Crippen LogP contribution in [0.2, 0.25) is 0 Å². The van der Waals surface area contributed by atoms with Crippen molar-refractivity contribution in [3.63, 3.8) is 0 Å². The molecule has 0 bridgehead atoms. The van der Waals surface area contributed by atoms with Gasteiger partial charge in [0.2, 0.25) is 10.0 Å². The Hall–Kier alpha value is -1.11. The van der Waals surface area contributed by atoms with E-state index >= 15 is 0 Å². The standard InChI is InChI=1S/C14H24N2O3S/c1-11(2)10-19-8-4-7-16-20(17,18)13-6-5-12(3)14(15)9-13/h5-6,9,11,16H,4,7-8,10,15H2,1-3H3. The molecule has 6 heteroatoms. The second kappa shape index (κ2) is 7.61. The van der Waals surface area contributed by atoms with Crippen LogP contribution in [0.25, 0.3) is 0 Å². The average Bonchev–Trinajstić information content (AvgIpc) is 2.36. The Morgan fingerprint density at radius 2 is 2.05 bits per heavy atom. The quantitative estimate of drug-likeness (QED) is 0.567. The van der Waals surface area contributed by atoms with Gasteiger partial charge >= 0.3 is 0 Å². The number of nitrogens with two attached hydrogens (primary N) is 1. The van der Waals surface area contributed by atoms with E-state index in [0.717, 1.165) is 5.56 Å². The fourth-order valence-corrected chi connectivity index (χ4v) is 2.68. The van der Waals surface area contributed by atoms with E-state index in [0.29, 0.717) is 37.8 Å². The lowest BCUT2D eigenvalue weighted by Gasteiger charge is -2.09. The lowest BCUT2D eigenvalue weighted by molar-refractivity contribution is 0.108. The number of nitrogen functional groups attached to an aromatic ring is 1. The summed E-state index contributed by atoms with van der Waals surface area (Å²) in [5.74, 6) is 0.488. The highest BCUT2D eigenvalue weighted by Gasteiger charge is 2.13. The molecule has 114 valence electrons. The maximum absolute atomic E-state index is 12.0. The SMILES string of the molecule is Cc1ccc(S(=O)(=O)NCCCOCC(C)C)cc1N. The van der Waals surface area contributed by atoms with Gasteiger partial charge in [0.15, 0.2) is 0 Å². The van der Waals surface area contributed by atoms with Crippen molar-refractivity contribution in [1.82, 2.24) is 4.72 Å². The molecule has 1 aromatic carbocycles. The summed E-state index contributed by atoms with van der Waals surface area (Å²) in [5.41, 5.74) is 7.07. The van der Waals surface area contributed by atoms with Crippen molar-refractivity contribution >= 4 is 15.7 Å². The summed E-state index contributed by atoms with van der Waals surface area (Å²) in [6.07, 6.45) is 0.646. The van der Waals surface area contributed by atoms with Crippen molar-refractivity contribution in [3.05, 3.63) is 23.8 Å². The molecular weight excluding hydrogens is 276 g/mol. The molecule has 20 heavy (non-hydrogen) atoms. The molecule has 0 aromatic heterocycles. The highest BCUT2D eigenvalue weighted by atomic mass is 32.2. The summed E-state index contributed by atoms with van der Waals surface area (Å²) in [7, 11) is -3.49. The molecule has 0 unspecified atom stereocenters. The second-order valence-electron chi connectivity index (χ2n) is 5.24. The zero-order valence-corrected chi connectivity index (χ0v) is 13.2. The van der Waals surface area contributed by atoms with Crippen LogP contribution in [0.1, 0.15) is 25.8 Å². The third kappa shape index (κ3) is 5.48. The van der Waals surface area contributed by atoms with Crippen LogP contribution in [0.5, 0.6) is 0 Å². The third-order valence-electron chi connectivity index (χ3n) is 2.77. The molecule has 0 aliphatic heterocycles. The molecular formula is C14H24N2O3S. The molecule has 0 amide bonds. The maximum atomic E-state index is 12.0. The molecule has 0 spiro atoms. The zero-order chi connectivity index (χ0) is 15.2. The fraction of sp³-hybridized carbons (Fsp3) is 0.571. The van der Waals surface area contributed by atoms with Gasteiger partial charge in [-0.25, -0.2) is 13.1 Å². The van der Waals surface area contributed by atoms with Crippen molar-refractivity contribution < 1.29 is 13.2 Å². The van der Waals surface area contributed by atoms with Crippen LogP contribution in [-0.2, 0) is 14.8 Å². The lowest BCUT2D eigenvalue weighted by atomic mass is 10.2. The summed E-state index contributed by atoms with van der Waals surface area (Å²) >= 11 is 0. The smallest absolute Gasteiger partial charge is 0.240 e. The zero-order valence-electron chi connectivity index (χ0n) is 12.3. The predicted octanol–water partition coefficient (Wildman–Crippen LogP) is 1.92. The van der Waals surface area contributed by atoms with E-state index in [1.54, 1.807) is 12.1 Å². The monoisotopic (exact) mass is 300 g/mol. The van der Waals surface area contributed by atoms with Gasteiger partial charge in [-0.3, -0.25) is 0 Å². The van der Waals surface area contributed by atoms with Gasteiger partial charge in [0.05, 0.1) is 4.90 Å². The van der Waals surface area contributed by atoms with Gasteiger partial charge in [0.1, 0.15) is 0 Å². The Morgan fingerprint density at radius 3 is 2.65 bits per heavy atom. The number of sulfonamides is 1. The van der Waals surface area contributed by atoms with Gasteiger partial charge in [-0.2, -0.15) is 0 Å². The number of rotatable bonds is 8. The van der Waals surface area contributed by atoms with Gasteiger partial charge in [-0.1, -0.05) is 19.9 Å². The van der Waals surface area contributed by atoms with E-state index in [-0.39, 0.29) is 4.90 Å². The van der Waals surface area contributed by atoms with Crippen LogP contribution in [0.15, 0.2) is 23.1 Å². The molecule has 3 N–H and O–H groups in total. The first-order valence-corrected chi connectivity index (χ1v) is 8.25. The van der Waals surface area contributed by atoms with Crippen LogP contribution in [-0.4, -0.2) is 28.2 Å². The molecule has 1 aromatic rings. The van der Waals surface area contributed by atoms with Crippen LogP contribution >= 0.6 is 0 Å². The van der Waals surface area contributed by atoms with Crippen LogP contribution in [0.3, 0.4) is 0 Å². The summed E-state index contributed by atoms with van der Waals surface area (Å²) in [6, 6.07) is 4.74. The number of hydrogen-bond acceptors (Lipinski definition) is 4. The Labute approximate surface area is 121 Å². The summed E-state index contributed by atoms with van der Waals surface area (Å²) in [6.45, 7) is 7.59. The predicted molar refractivity (Wildman–Crippen MR) is 81.1 cm³/mol. The van der Waals surface area contributed by atoms with Crippen LogP contribution < -0.4 is 10.5 Å². The molecule has 0 saturated heterocycles. The van der Waals surface area contributed by atoms with E-state index in [9.17, 15) is 8.42 Å². The molecule has 0 aliphatic rings. The summed E-state index contributed by atoms with van der Waals surface area (Å²) in [4.78, 5) is 0.198. The van der Waals surface area contributed by atoms with E-state index in [1.165, 1.54) is 6.07 Å². The van der Waals surface area contributed by atoms with Gasteiger partial charge in [-0.05, 0) is 37.0 Å². The van der Waals surface area contributed by atoms with E-state index < -0.39 is 10.0 Å². The van der Waals surface area contributed by atoms with E-state index in [1.807, 2.05) is 6.92 Å². The third-order valence-corrected chi connectivity index (χ3v) is 4.23. The second-order valence-corrected chi connectivity index (χ2v) is 7.01. The van der Waals surface area contributed by atoms with Crippen molar-refractivity contribution in [2.75, 3.05) is 25.5 Å². The maximum Gasteiger partial charge on any atom is 0.240 e. The van der Waals surface area contributed by atoms with Crippen molar-refractivity contribution in [2.24, 2.45) is 5.92 Å². The van der Waals surface area contributed by atoms with Crippen molar-refractivity contribution in [3.8, 4) is 0 Å². The molecule has 1 rings (SSSR count). The first-order chi connectivity index (χ1) is 9.33. The number of benzene rings is 1.